The third-order valence-corrected chi connectivity index (χ3v) is 16.0. The average Bonchev–Trinajstić information content (AvgIpc) is 3.18. The van der Waals surface area contributed by atoms with E-state index in [-0.39, 0.29) is 13.6 Å². The van der Waals surface area contributed by atoms with E-state index in [0.29, 0.717) is 40.2 Å². The number of ether oxygens (including phenoxy) is 2. The zero-order chi connectivity index (χ0) is 41.2. The number of allylic oxidation sites excluding steroid dienone is 6. The van der Waals surface area contributed by atoms with Gasteiger partial charge in [0.25, 0.3) is 0 Å². The highest BCUT2D eigenvalue weighted by atomic mass is 35.5. The molecule has 0 spiro atoms. The highest BCUT2D eigenvalue weighted by Crippen LogP contribution is 2.57. The van der Waals surface area contributed by atoms with Crippen molar-refractivity contribution in [3.05, 3.63) is 103 Å². The molecule has 2 saturated carbocycles. The van der Waals surface area contributed by atoms with Gasteiger partial charge in [-0.25, -0.2) is 0 Å². The maximum atomic E-state index is 11.9. The zero-order valence-electron chi connectivity index (χ0n) is 35.0. The van der Waals surface area contributed by atoms with Crippen molar-refractivity contribution in [1.29, 1.82) is 0 Å². The molecule has 6 atom stereocenters. The number of hydrogen-bond acceptors (Lipinski definition) is 7. The number of rotatable bonds is 10. The van der Waals surface area contributed by atoms with Crippen LogP contribution in [0.1, 0.15) is 146 Å². The fraction of sp³-hybridized carbons (Fsp3) is 0.592. The van der Waals surface area contributed by atoms with Gasteiger partial charge in [-0.05, 0) is 161 Å². The Hall–Kier alpha value is -2.37. The summed E-state index contributed by atoms with van der Waals surface area (Å²) in [7, 11) is -4.56. The first kappa shape index (κ1) is 46.1. The summed E-state index contributed by atoms with van der Waals surface area (Å²) in [6.07, 6.45) is 20.8. The maximum Gasteiger partial charge on any atom is 0.126 e. The predicted octanol–water partition coefficient (Wildman–Crippen LogP) is 12.0. The minimum atomic E-state index is -4.69. The van der Waals surface area contributed by atoms with Gasteiger partial charge in [-0.3, -0.25) is 0 Å². The second-order valence-electron chi connectivity index (χ2n) is 17.9. The fourth-order valence-corrected chi connectivity index (χ4v) is 13.8. The molecule has 324 valence electrons. The molecule has 0 N–H and O–H groups in total. The van der Waals surface area contributed by atoms with Crippen LogP contribution in [0.25, 0.3) is 11.5 Å². The highest BCUT2D eigenvalue weighted by molar-refractivity contribution is 7.54. The van der Waals surface area contributed by atoms with Crippen molar-refractivity contribution < 1.29 is 33.3 Å². The lowest BCUT2D eigenvalue weighted by molar-refractivity contribution is -0.314. The molecule has 10 heteroatoms. The summed E-state index contributed by atoms with van der Waals surface area (Å²) >= 11 is 6.16. The van der Waals surface area contributed by atoms with Crippen LogP contribution in [0.15, 0.2) is 75.9 Å². The van der Waals surface area contributed by atoms with E-state index in [1.165, 1.54) is 114 Å². The fourth-order valence-electron chi connectivity index (χ4n) is 11.9. The largest absolute Gasteiger partial charge is 0.810 e. The van der Waals surface area contributed by atoms with E-state index in [1.54, 1.807) is 48.6 Å². The van der Waals surface area contributed by atoms with Gasteiger partial charge >= 0.3 is 0 Å². The standard InChI is InChI=1S/C26H37O3P.C22H28ClO4P.CH4/c1-4-9-20-21-12-5-6-13-22(21)24-15-8-14-23(20)25(24)26(29-2)19-11-7-10-18(16-19)17-30(3,27)28;1-27-22(16-9-10-20(23)17(12-16)13-28(24,25)26)21-15-6-4-8-19(21)18-7-3-2-5-14(18)11-15;/h7,10-11,16,20,23-24H,4-6,8-9,12-15,17H2,1-3H3,(H,27,28);9-10,12,15,19H,2-8,11,13H2,1H3,(H2,24,25,26);1H4/p-3/b26-25+;22-21+;. The molecule has 2 aromatic rings. The average molecular weight is 864 g/mol. The maximum absolute atomic E-state index is 11.9. The summed E-state index contributed by atoms with van der Waals surface area (Å²) in [6.45, 7) is 3.64. The van der Waals surface area contributed by atoms with Gasteiger partial charge in [-0.1, -0.05) is 93.3 Å². The summed E-state index contributed by atoms with van der Waals surface area (Å²) in [5.74, 6) is 4.58. The molecule has 59 heavy (non-hydrogen) atoms. The Morgan fingerprint density at radius 3 is 2.05 bits per heavy atom. The first-order valence-corrected chi connectivity index (χ1v) is 26.3. The quantitative estimate of drug-likeness (QED) is 0.132. The van der Waals surface area contributed by atoms with Crippen LogP contribution >= 0.6 is 26.6 Å². The molecule has 0 aromatic heterocycles. The molecule has 2 fully saturated rings. The lowest BCUT2D eigenvalue weighted by atomic mass is 9.57. The molecule has 6 aliphatic carbocycles. The van der Waals surface area contributed by atoms with Crippen LogP contribution in [-0.4, -0.2) is 20.9 Å². The van der Waals surface area contributed by atoms with E-state index in [4.69, 9.17) is 21.1 Å². The summed E-state index contributed by atoms with van der Waals surface area (Å²) < 4.78 is 35.2. The van der Waals surface area contributed by atoms with Gasteiger partial charge in [-0.15, -0.1) is 0 Å². The summed E-state index contributed by atoms with van der Waals surface area (Å²) in [4.78, 5) is 34.4. The van der Waals surface area contributed by atoms with E-state index in [9.17, 15) is 23.8 Å². The zero-order valence-corrected chi connectivity index (χ0v) is 37.5. The summed E-state index contributed by atoms with van der Waals surface area (Å²) in [6, 6.07) is 13.3. The third kappa shape index (κ3) is 10.5. The van der Waals surface area contributed by atoms with Crippen LogP contribution in [0.4, 0.5) is 0 Å². The number of benzene rings is 2. The molecule has 6 aliphatic rings. The van der Waals surface area contributed by atoms with Crippen LogP contribution in [-0.2, 0) is 30.9 Å². The first-order chi connectivity index (χ1) is 27.8. The Labute approximate surface area is 359 Å². The van der Waals surface area contributed by atoms with Crippen molar-refractivity contribution in [1.82, 2.24) is 0 Å². The SMILES string of the molecule is C.CCCC1C2=C(CCCC2)C2CCCC1/C2=C(\OC)c1cccc(CP(C)(=O)[O-])c1.CO/C(=C1\C2CCCC1C1=C(CCCC1)C2)c1ccc(Cl)c(CP(=O)([O-])[O-])c1. The summed E-state index contributed by atoms with van der Waals surface area (Å²) in [5.41, 5.74) is 12.8. The van der Waals surface area contributed by atoms with Gasteiger partial charge < -0.3 is 33.3 Å². The van der Waals surface area contributed by atoms with Crippen LogP contribution in [0.3, 0.4) is 0 Å². The van der Waals surface area contributed by atoms with Crippen molar-refractivity contribution in [3.63, 3.8) is 0 Å². The molecule has 0 aliphatic heterocycles. The van der Waals surface area contributed by atoms with E-state index in [0.717, 1.165) is 41.1 Å². The van der Waals surface area contributed by atoms with Gasteiger partial charge in [0.2, 0.25) is 0 Å². The second kappa shape index (κ2) is 19.8. The Bertz CT molecular complexity index is 2070. The lowest BCUT2D eigenvalue weighted by Gasteiger charge is -2.48. The molecule has 7 nitrogen and oxygen atoms in total. The van der Waals surface area contributed by atoms with Gasteiger partial charge in [0.05, 0.1) is 14.2 Å². The van der Waals surface area contributed by atoms with Crippen LogP contribution in [0.5, 0.6) is 0 Å². The van der Waals surface area contributed by atoms with E-state index in [1.807, 2.05) is 24.3 Å². The van der Waals surface area contributed by atoms with Gasteiger partial charge in [0, 0.05) is 47.7 Å². The third-order valence-electron chi connectivity index (χ3n) is 14.0. The number of fused-ring (bicyclic) bond motifs is 6. The number of halogens is 1. The van der Waals surface area contributed by atoms with Crippen molar-refractivity contribution >= 4 is 38.1 Å². The van der Waals surface area contributed by atoms with Gasteiger partial charge in [-0.2, -0.15) is 0 Å². The normalized spacial score (nSPS) is 27.8. The minimum Gasteiger partial charge on any atom is -0.810 e. The van der Waals surface area contributed by atoms with Crippen molar-refractivity contribution in [2.75, 3.05) is 20.9 Å². The monoisotopic (exact) mass is 863 g/mol. The van der Waals surface area contributed by atoms with Crippen molar-refractivity contribution in [2.24, 2.45) is 29.6 Å². The molecule has 6 unspecified atom stereocenters. The van der Waals surface area contributed by atoms with Gasteiger partial charge in [0.1, 0.15) is 11.5 Å². The number of hydrogen-bond donors (Lipinski definition) is 0. The predicted molar refractivity (Wildman–Crippen MR) is 237 cm³/mol. The molecular weight excluding hydrogens is 798 g/mol. The van der Waals surface area contributed by atoms with E-state index >= 15 is 0 Å². The molecular formula is C49H66ClO7P2-3. The topological polar surface area (TPSA) is 122 Å². The molecule has 0 saturated heterocycles. The molecule has 2 aromatic carbocycles. The Morgan fingerprint density at radius 1 is 0.746 bits per heavy atom. The van der Waals surface area contributed by atoms with Crippen LogP contribution < -0.4 is 14.7 Å². The number of methoxy groups -OCH3 is 2. The first-order valence-electron chi connectivity index (χ1n) is 22.0. The lowest BCUT2D eigenvalue weighted by Crippen LogP contribution is -2.36. The van der Waals surface area contributed by atoms with E-state index < -0.39 is 21.1 Å². The highest BCUT2D eigenvalue weighted by Gasteiger charge is 2.44. The van der Waals surface area contributed by atoms with Crippen molar-refractivity contribution in [3.8, 4) is 0 Å². The van der Waals surface area contributed by atoms with E-state index in [2.05, 4.69) is 13.0 Å². The Kier molecular flexibility index (Phi) is 15.5. The van der Waals surface area contributed by atoms with Gasteiger partial charge in [0.15, 0.2) is 0 Å². The van der Waals surface area contributed by atoms with Crippen LogP contribution in [0, 0.1) is 29.6 Å². The Balaban J connectivity index is 0.000000195. The minimum absolute atomic E-state index is 0. The molecule has 0 amide bonds. The molecule has 0 heterocycles. The second-order valence-corrected chi connectivity index (χ2v) is 22.2. The smallest absolute Gasteiger partial charge is 0.126 e. The molecule has 4 bridgehead atoms. The molecule has 8 rings (SSSR count). The van der Waals surface area contributed by atoms with Crippen molar-refractivity contribution in [2.45, 2.75) is 136 Å². The summed E-state index contributed by atoms with van der Waals surface area (Å²) in [5, 5.41) is 0.303. The molecule has 0 radical (unpaired) electrons. The van der Waals surface area contributed by atoms with Crippen LogP contribution in [0.2, 0.25) is 5.02 Å². The Morgan fingerprint density at radius 2 is 1.37 bits per heavy atom.